The molecule has 14 heavy (non-hydrogen) atoms. The van der Waals surface area contributed by atoms with E-state index in [4.69, 9.17) is 0 Å². The van der Waals surface area contributed by atoms with Crippen LogP contribution in [0.1, 0.15) is 56.2 Å². The maximum Gasteiger partial charge on any atom is -0.0156 e. The molecule has 1 aliphatic carbocycles. The van der Waals surface area contributed by atoms with Crippen LogP contribution in [-0.4, -0.2) is 0 Å². The second kappa shape index (κ2) is 5.19. The van der Waals surface area contributed by atoms with Gasteiger partial charge in [-0.1, -0.05) is 39.0 Å². The highest BCUT2D eigenvalue weighted by atomic mass is 14.3. The Morgan fingerprint density at radius 1 is 1.29 bits per heavy atom. The number of fused-ring (bicyclic) bond motifs is 1. The maximum absolute atomic E-state index is 2.30. The van der Waals surface area contributed by atoms with Crippen LogP contribution in [0.3, 0.4) is 0 Å². The van der Waals surface area contributed by atoms with Crippen LogP contribution in [-0.2, 0) is 6.42 Å². The SMILES string of the molecule is CC.CCC1CCc2cccc(C)c21. The van der Waals surface area contributed by atoms with Crippen LogP contribution in [0.25, 0.3) is 0 Å². The van der Waals surface area contributed by atoms with Crippen molar-refractivity contribution in [2.24, 2.45) is 0 Å². The first-order valence-electron chi connectivity index (χ1n) is 5.91. The topological polar surface area (TPSA) is 0 Å². The molecule has 0 heteroatoms. The average molecular weight is 190 g/mol. The predicted molar refractivity (Wildman–Crippen MR) is 63.9 cm³/mol. The van der Waals surface area contributed by atoms with Crippen LogP contribution in [0.15, 0.2) is 18.2 Å². The number of aryl methyl sites for hydroxylation is 2. The summed E-state index contributed by atoms with van der Waals surface area (Å²) in [6.07, 6.45) is 3.98. The summed E-state index contributed by atoms with van der Waals surface area (Å²) in [5.74, 6) is 0.848. The van der Waals surface area contributed by atoms with Crippen LogP contribution in [0.4, 0.5) is 0 Å². The second-order valence-corrected chi connectivity index (χ2v) is 3.79. The minimum absolute atomic E-state index is 0.848. The third-order valence-electron chi connectivity index (χ3n) is 3.08. The molecular formula is C14H22. The lowest BCUT2D eigenvalue weighted by molar-refractivity contribution is 0.653. The van der Waals surface area contributed by atoms with Gasteiger partial charge in [0.15, 0.2) is 0 Å². The first-order valence-corrected chi connectivity index (χ1v) is 5.91. The van der Waals surface area contributed by atoms with Crippen molar-refractivity contribution in [3.8, 4) is 0 Å². The molecule has 2 rings (SSSR count). The lowest BCUT2D eigenvalue weighted by Gasteiger charge is -2.10. The van der Waals surface area contributed by atoms with Gasteiger partial charge in [-0.25, -0.2) is 0 Å². The number of hydrogen-bond donors (Lipinski definition) is 0. The van der Waals surface area contributed by atoms with E-state index in [9.17, 15) is 0 Å². The molecule has 0 amide bonds. The highest BCUT2D eigenvalue weighted by Crippen LogP contribution is 2.36. The fourth-order valence-corrected chi connectivity index (χ4v) is 2.43. The van der Waals surface area contributed by atoms with E-state index in [1.807, 2.05) is 13.8 Å². The lowest BCUT2D eigenvalue weighted by atomic mass is 9.95. The molecule has 0 N–H and O–H groups in total. The third-order valence-corrected chi connectivity index (χ3v) is 3.08. The highest BCUT2D eigenvalue weighted by Gasteiger charge is 2.21. The summed E-state index contributed by atoms with van der Waals surface area (Å²) in [4.78, 5) is 0. The lowest BCUT2D eigenvalue weighted by Crippen LogP contribution is -1.93. The van der Waals surface area contributed by atoms with Crippen LogP contribution in [0.2, 0.25) is 0 Å². The van der Waals surface area contributed by atoms with E-state index < -0.39 is 0 Å². The summed E-state index contributed by atoms with van der Waals surface area (Å²) in [7, 11) is 0. The Hall–Kier alpha value is -0.780. The minimum Gasteiger partial charge on any atom is -0.0683 e. The molecular weight excluding hydrogens is 168 g/mol. The van der Waals surface area contributed by atoms with Crippen molar-refractivity contribution in [2.75, 3.05) is 0 Å². The van der Waals surface area contributed by atoms with Crippen molar-refractivity contribution >= 4 is 0 Å². The Labute approximate surface area is 88.4 Å². The van der Waals surface area contributed by atoms with Crippen molar-refractivity contribution in [1.29, 1.82) is 0 Å². The van der Waals surface area contributed by atoms with Crippen molar-refractivity contribution < 1.29 is 0 Å². The van der Waals surface area contributed by atoms with Gasteiger partial charge in [-0.05, 0) is 48.8 Å². The fourth-order valence-electron chi connectivity index (χ4n) is 2.43. The molecule has 1 unspecified atom stereocenters. The van der Waals surface area contributed by atoms with Crippen LogP contribution in [0.5, 0.6) is 0 Å². The molecule has 0 saturated heterocycles. The molecule has 0 aliphatic heterocycles. The van der Waals surface area contributed by atoms with Gasteiger partial charge in [-0.3, -0.25) is 0 Å². The molecule has 1 aromatic carbocycles. The molecule has 0 nitrogen and oxygen atoms in total. The molecule has 0 aromatic heterocycles. The Bertz CT molecular complexity index is 286. The molecule has 1 aromatic rings. The monoisotopic (exact) mass is 190 g/mol. The van der Waals surface area contributed by atoms with Crippen molar-refractivity contribution in [1.82, 2.24) is 0 Å². The molecule has 78 valence electrons. The molecule has 1 aliphatic rings. The van der Waals surface area contributed by atoms with Crippen LogP contribution in [0, 0.1) is 6.92 Å². The quantitative estimate of drug-likeness (QED) is 0.613. The van der Waals surface area contributed by atoms with Gasteiger partial charge in [0.25, 0.3) is 0 Å². The van der Waals surface area contributed by atoms with Gasteiger partial charge in [0, 0.05) is 0 Å². The summed E-state index contributed by atoms with van der Waals surface area (Å²) in [5, 5.41) is 0. The van der Waals surface area contributed by atoms with Crippen molar-refractivity contribution in [2.45, 2.75) is 52.9 Å². The maximum atomic E-state index is 2.30. The Morgan fingerprint density at radius 2 is 2.00 bits per heavy atom. The van der Waals surface area contributed by atoms with E-state index >= 15 is 0 Å². The molecule has 0 heterocycles. The summed E-state index contributed by atoms with van der Waals surface area (Å²) in [6, 6.07) is 6.72. The zero-order chi connectivity index (χ0) is 10.6. The van der Waals surface area contributed by atoms with E-state index in [0.717, 1.165) is 5.92 Å². The Morgan fingerprint density at radius 3 is 2.64 bits per heavy atom. The zero-order valence-electron chi connectivity index (χ0n) is 9.93. The normalized spacial score (nSPS) is 18.4. The van der Waals surface area contributed by atoms with Crippen LogP contribution >= 0.6 is 0 Å². The van der Waals surface area contributed by atoms with Gasteiger partial charge in [0.1, 0.15) is 0 Å². The molecule has 0 spiro atoms. The number of hydrogen-bond acceptors (Lipinski definition) is 0. The van der Waals surface area contributed by atoms with Gasteiger partial charge < -0.3 is 0 Å². The summed E-state index contributed by atoms with van der Waals surface area (Å²) in [5.41, 5.74) is 4.75. The third kappa shape index (κ3) is 2.00. The summed E-state index contributed by atoms with van der Waals surface area (Å²) >= 11 is 0. The smallest absolute Gasteiger partial charge is 0.0156 e. The van der Waals surface area contributed by atoms with Crippen LogP contribution < -0.4 is 0 Å². The number of rotatable bonds is 1. The van der Waals surface area contributed by atoms with E-state index in [0.29, 0.717) is 0 Å². The van der Waals surface area contributed by atoms with Gasteiger partial charge in [0.05, 0.1) is 0 Å². The van der Waals surface area contributed by atoms with E-state index in [2.05, 4.69) is 32.0 Å². The molecule has 0 radical (unpaired) electrons. The first kappa shape index (κ1) is 11.3. The Kier molecular flexibility index (Phi) is 4.19. The fraction of sp³-hybridized carbons (Fsp3) is 0.571. The van der Waals surface area contributed by atoms with Gasteiger partial charge >= 0.3 is 0 Å². The van der Waals surface area contributed by atoms with E-state index in [1.165, 1.54) is 24.8 Å². The van der Waals surface area contributed by atoms with E-state index in [1.54, 1.807) is 11.1 Å². The molecule has 0 fully saturated rings. The average Bonchev–Trinajstić information content (AvgIpc) is 2.65. The van der Waals surface area contributed by atoms with Crippen molar-refractivity contribution in [3.63, 3.8) is 0 Å². The summed E-state index contributed by atoms with van der Waals surface area (Å²) < 4.78 is 0. The standard InChI is InChI=1S/C12H16.C2H6/c1-3-10-7-8-11-6-4-5-9(2)12(10)11;1-2/h4-6,10H,3,7-8H2,1-2H3;1-2H3. The Balaban J connectivity index is 0.000000461. The summed E-state index contributed by atoms with van der Waals surface area (Å²) in [6.45, 7) is 8.54. The highest BCUT2D eigenvalue weighted by molar-refractivity contribution is 5.40. The van der Waals surface area contributed by atoms with Gasteiger partial charge in [0.2, 0.25) is 0 Å². The first-order chi connectivity index (χ1) is 6.83. The zero-order valence-corrected chi connectivity index (χ0v) is 9.93. The molecule has 0 bridgehead atoms. The number of benzene rings is 1. The largest absolute Gasteiger partial charge is 0.0683 e. The van der Waals surface area contributed by atoms with Crippen molar-refractivity contribution in [3.05, 3.63) is 34.9 Å². The molecule has 1 atom stereocenters. The molecule has 0 saturated carbocycles. The predicted octanol–water partition coefficient (Wildman–Crippen LogP) is 4.46. The second-order valence-electron chi connectivity index (χ2n) is 3.79. The van der Waals surface area contributed by atoms with E-state index in [-0.39, 0.29) is 0 Å². The van der Waals surface area contributed by atoms with Gasteiger partial charge in [-0.2, -0.15) is 0 Å². The van der Waals surface area contributed by atoms with Gasteiger partial charge in [-0.15, -0.1) is 0 Å². The minimum atomic E-state index is 0.848.